The topological polar surface area (TPSA) is 39.4 Å². The molecule has 0 aliphatic carbocycles. The molecule has 0 fully saturated rings. The van der Waals surface area contributed by atoms with E-state index in [2.05, 4.69) is 444 Å². The predicted octanol–water partition coefficient (Wildman–Crippen LogP) is 31.5. The predicted molar refractivity (Wildman–Crippen MR) is 529 cm³/mol. The van der Waals surface area contributed by atoms with Crippen LogP contribution < -0.4 is 0 Å². The summed E-state index contributed by atoms with van der Waals surface area (Å²) in [4.78, 5) is 0. The Labute approximate surface area is 713 Å². The average molecular weight is 1590 g/mol. The minimum atomic E-state index is 0.969. The molecule has 24 rings (SSSR count). The molecule has 16 aromatic carbocycles. The molecule has 0 aliphatic heterocycles. The summed E-state index contributed by atoms with van der Waals surface area (Å²) in [5, 5.41) is 21.4. The van der Waals surface area contributed by atoms with Crippen molar-refractivity contribution in [3.05, 3.63) is 352 Å². The van der Waals surface area contributed by atoms with Gasteiger partial charge in [-0.3, -0.25) is 0 Å². The molecule has 8 nitrogen and oxygen atoms in total. The largest absolute Gasteiger partial charge is 0.341 e. The summed E-state index contributed by atoms with van der Waals surface area (Å²) >= 11 is 0. The summed E-state index contributed by atoms with van der Waals surface area (Å²) in [7, 11) is 0. The van der Waals surface area contributed by atoms with Crippen molar-refractivity contribution in [3.8, 4) is 33.4 Å². The monoisotopic (exact) mass is 1580 g/mol. The average Bonchev–Trinajstić information content (AvgIpc) is 1.59. The van der Waals surface area contributed by atoms with Crippen LogP contribution in [0.1, 0.15) is 69.2 Å². The fraction of sp³-hybridized carbons (Fsp3) is 0.158. The van der Waals surface area contributed by atoms with Gasteiger partial charge in [0.25, 0.3) is 0 Å². The molecule has 24 aromatic rings. The highest BCUT2D eigenvalue weighted by Crippen LogP contribution is 2.42. The normalized spacial score (nSPS) is 11.6. The SMILES string of the molecule is CC.CCn1c2ccccc2c2cc(-c3ccc4c(c3)c3ccccc3n4CC)ccc21.CCn1c2ccccc2c2cc(-c3ccc4c5ccccc5n(CC)c4c3)ccc21.CCn1c2ccccc2c2ccc(-c3ccc4c5ccccc5n(CC)c4c3)cc21.CCn1c2ccccc2c2ccccc21.CCn1c2ccccc2c2ccccc21. The van der Waals surface area contributed by atoms with E-state index in [9.17, 15) is 0 Å². The Balaban J connectivity index is 0.000000103. The van der Waals surface area contributed by atoms with E-state index in [1.807, 2.05) is 13.8 Å². The number of nitrogens with zero attached hydrogens (tertiary/aromatic N) is 8. The van der Waals surface area contributed by atoms with Gasteiger partial charge < -0.3 is 36.5 Å². The second kappa shape index (κ2) is 33.3. The van der Waals surface area contributed by atoms with Crippen LogP contribution in [0.4, 0.5) is 0 Å². The molecule has 0 amide bonds. The van der Waals surface area contributed by atoms with Crippen molar-refractivity contribution in [1.82, 2.24) is 36.5 Å². The number of aromatic nitrogens is 8. The van der Waals surface area contributed by atoms with E-state index >= 15 is 0 Å². The highest BCUT2D eigenvalue weighted by Gasteiger charge is 2.20. The first kappa shape index (κ1) is 77.8. The van der Waals surface area contributed by atoms with Gasteiger partial charge in [0, 0.05) is 227 Å². The van der Waals surface area contributed by atoms with Crippen LogP contribution in [0.2, 0.25) is 0 Å². The lowest BCUT2D eigenvalue weighted by Gasteiger charge is -2.08. The van der Waals surface area contributed by atoms with E-state index in [-0.39, 0.29) is 0 Å². The van der Waals surface area contributed by atoms with Gasteiger partial charge in [0.1, 0.15) is 0 Å². The van der Waals surface area contributed by atoms with Crippen LogP contribution in [-0.4, -0.2) is 36.5 Å². The molecular formula is C114H104N8. The van der Waals surface area contributed by atoms with Gasteiger partial charge in [-0.25, -0.2) is 0 Å². The van der Waals surface area contributed by atoms with Crippen molar-refractivity contribution in [2.75, 3.05) is 0 Å². The van der Waals surface area contributed by atoms with Gasteiger partial charge in [0.2, 0.25) is 0 Å². The van der Waals surface area contributed by atoms with Crippen molar-refractivity contribution in [2.24, 2.45) is 0 Å². The molecule has 0 N–H and O–H groups in total. The third-order valence-electron chi connectivity index (χ3n) is 25.5. The summed E-state index contributed by atoms with van der Waals surface area (Å²) < 4.78 is 19.2. The third-order valence-corrected chi connectivity index (χ3v) is 25.5. The lowest BCUT2D eigenvalue weighted by Crippen LogP contribution is -1.94. The smallest absolute Gasteiger partial charge is 0.0497 e. The van der Waals surface area contributed by atoms with Crippen LogP contribution >= 0.6 is 0 Å². The number of rotatable bonds is 11. The Hall–Kier alpha value is -14.1. The molecule has 122 heavy (non-hydrogen) atoms. The molecule has 8 aromatic heterocycles. The Morgan fingerprint density at radius 3 is 0.418 bits per heavy atom. The first-order chi connectivity index (χ1) is 60.2. The molecule has 0 saturated carbocycles. The van der Waals surface area contributed by atoms with E-state index in [0.717, 1.165) is 52.4 Å². The first-order valence-corrected chi connectivity index (χ1v) is 44.2. The van der Waals surface area contributed by atoms with E-state index < -0.39 is 0 Å². The zero-order valence-electron chi connectivity index (χ0n) is 71.7. The number of para-hydroxylation sites is 10. The molecule has 600 valence electrons. The van der Waals surface area contributed by atoms with Crippen molar-refractivity contribution >= 4 is 174 Å². The number of aryl methyl sites for hydroxylation is 8. The van der Waals surface area contributed by atoms with Crippen LogP contribution in [-0.2, 0) is 52.4 Å². The van der Waals surface area contributed by atoms with Crippen LogP contribution in [0.15, 0.2) is 352 Å². The third kappa shape index (κ3) is 13.1. The Morgan fingerprint density at radius 1 is 0.123 bits per heavy atom. The fourth-order valence-electron chi connectivity index (χ4n) is 20.1. The van der Waals surface area contributed by atoms with Gasteiger partial charge in [0.05, 0.1) is 0 Å². The minimum Gasteiger partial charge on any atom is -0.341 e. The summed E-state index contributed by atoms with van der Waals surface area (Å²) in [6.45, 7) is 29.6. The van der Waals surface area contributed by atoms with Crippen LogP contribution in [0.3, 0.4) is 0 Å². The van der Waals surface area contributed by atoms with Crippen molar-refractivity contribution in [1.29, 1.82) is 0 Å². The summed E-state index contributed by atoms with van der Waals surface area (Å²) in [6, 6.07) is 128. The van der Waals surface area contributed by atoms with Crippen LogP contribution in [0.25, 0.3) is 208 Å². The van der Waals surface area contributed by atoms with Gasteiger partial charge in [-0.15, -0.1) is 0 Å². The molecule has 8 heteroatoms. The molecule has 0 aliphatic rings. The van der Waals surface area contributed by atoms with Crippen LogP contribution in [0, 0.1) is 0 Å². The zero-order valence-corrected chi connectivity index (χ0v) is 71.7. The first-order valence-electron chi connectivity index (χ1n) is 44.2. The molecule has 8 heterocycles. The van der Waals surface area contributed by atoms with E-state index in [0.29, 0.717) is 0 Å². The van der Waals surface area contributed by atoms with Gasteiger partial charge in [-0.1, -0.05) is 250 Å². The van der Waals surface area contributed by atoms with Crippen molar-refractivity contribution in [2.45, 2.75) is 122 Å². The number of hydrogen-bond acceptors (Lipinski definition) is 0. The molecule has 0 saturated heterocycles. The maximum atomic E-state index is 2.43. The Morgan fingerprint density at radius 2 is 0.246 bits per heavy atom. The highest BCUT2D eigenvalue weighted by molar-refractivity contribution is 6.16. The molecular weight excluding hydrogens is 1480 g/mol. The van der Waals surface area contributed by atoms with E-state index in [4.69, 9.17) is 0 Å². The molecule has 0 bridgehead atoms. The standard InChI is InChI=1S/3C28H24N2.2C14H13N.C2H6/c1-3-29-26-12-8-6-10-22(26)24-17-19(14-16-27(24)29)20-13-15-23-21-9-5-7-11-25(21)30(4-2)28(23)18-20;1-3-29-25-11-7-5-9-21(25)23-17-19(13-15-27(23)29)20-14-16-28-24(18-20)22-10-6-8-12-26(22)30(28)4-2;1-3-29-25-11-7-5-9-21(25)23-15-13-19(17-27(23)29)20-14-16-24-22-10-6-8-12-26(22)30(4-2)28(24)18-20;2*1-2-15-13-9-5-3-7-11(13)12-8-4-6-10-14(12)15;1-2/h3*5-18H,3-4H2,1-2H3;2*3-10H,2H2,1H3;1-2H3. The minimum absolute atomic E-state index is 0.969. The summed E-state index contributed by atoms with van der Waals surface area (Å²) in [6.07, 6.45) is 0. The summed E-state index contributed by atoms with van der Waals surface area (Å²) in [5.41, 5.74) is 28.7. The number of hydrogen-bond donors (Lipinski definition) is 0. The molecule has 0 atom stereocenters. The van der Waals surface area contributed by atoms with Gasteiger partial charge in [0.15, 0.2) is 0 Å². The second-order valence-corrected chi connectivity index (χ2v) is 31.5. The van der Waals surface area contributed by atoms with Crippen molar-refractivity contribution in [3.63, 3.8) is 0 Å². The lowest BCUT2D eigenvalue weighted by atomic mass is 10.0. The van der Waals surface area contributed by atoms with Gasteiger partial charge in [-0.05, 0) is 204 Å². The van der Waals surface area contributed by atoms with Gasteiger partial charge >= 0.3 is 0 Å². The summed E-state index contributed by atoms with van der Waals surface area (Å²) in [5.74, 6) is 0. The number of fused-ring (bicyclic) bond motifs is 24. The quantitative estimate of drug-likeness (QED) is 0.124. The highest BCUT2D eigenvalue weighted by atomic mass is 15.0. The molecule has 0 radical (unpaired) electrons. The maximum absolute atomic E-state index is 2.43. The molecule has 0 spiro atoms. The Bertz CT molecular complexity index is 7570. The fourth-order valence-corrected chi connectivity index (χ4v) is 20.1. The zero-order chi connectivity index (χ0) is 83.2. The lowest BCUT2D eigenvalue weighted by molar-refractivity contribution is 0.827. The second-order valence-electron chi connectivity index (χ2n) is 31.5. The van der Waals surface area contributed by atoms with Gasteiger partial charge in [-0.2, -0.15) is 0 Å². The Kier molecular flexibility index (Phi) is 21.2. The van der Waals surface area contributed by atoms with E-state index in [1.165, 1.54) is 208 Å². The van der Waals surface area contributed by atoms with Crippen molar-refractivity contribution < 1.29 is 0 Å². The number of benzene rings is 16. The molecule has 0 unspecified atom stereocenters. The maximum Gasteiger partial charge on any atom is 0.0497 e. The van der Waals surface area contributed by atoms with E-state index in [1.54, 1.807) is 0 Å². The van der Waals surface area contributed by atoms with Crippen LogP contribution in [0.5, 0.6) is 0 Å².